The maximum absolute atomic E-state index is 5.34. The maximum Gasteiger partial charge on any atom is 0.204 e. The Morgan fingerprint density at radius 1 is 1.05 bits per heavy atom. The fourth-order valence-electron chi connectivity index (χ4n) is 2.30. The van der Waals surface area contributed by atoms with Crippen LogP contribution in [0.25, 0.3) is 11.4 Å². The van der Waals surface area contributed by atoms with Crippen LogP contribution in [0.1, 0.15) is 6.42 Å². The molecular formula is C14H19N5O. The van der Waals surface area contributed by atoms with Crippen molar-refractivity contribution in [3.63, 3.8) is 0 Å². The van der Waals surface area contributed by atoms with Crippen molar-refractivity contribution in [2.24, 2.45) is 0 Å². The molecule has 20 heavy (non-hydrogen) atoms. The Morgan fingerprint density at radius 2 is 1.85 bits per heavy atom. The molecule has 1 aromatic carbocycles. The highest BCUT2D eigenvalue weighted by Gasteiger charge is 2.10. The van der Waals surface area contributed by atoms with Crippen molar-refractivity contribution in [1.82, 2.24) is 25.1 Å². The summed E-state index contributed by atoms with van der Waals surface area (Å²) in [7, 11) is 0. The van der Waals surface area contributed by atoms with E-state index in [2.05, 4.69) is 20.3 Å². The number of rotatable bonds is 5. The molecule has 6 heteroatoms. The smallest absolute Gasteiger partial charge is 0.204 e. The lowest BCUT2D eigenvalue weighted by Gasteiger charge is -2.26. The van der Waals surface area contributed by atoms with Crippen molar-refractivity contribution >= 4 is 0 Å². The minimum atomic E-state index is 0.692. The highest BCUT2D eigenvalue weighted by molar-refractivity contribution is 5.52. The number of aromatic nitrogens is 4. The number of morpholine rings is 1. The lowest BCUT2D eigenvalue weighted by Crippen LogP contribution is -2.37. The summed E-state index contributed by atoms with van der Waals surface area (Å²) < 4.78 is 5.34. The number of benzene rings is 1. The molecule has 0 N–H and O–H groups in total. The van der Waals surface area contributed by atoms with Gasteiger partial charge < -0.3 is 4.74 Å². The second-order valence-electron chi connectivity index (χ2n) is 4.88. The summed E-state index contributed by atoms with van der Waals surface area (Å²) in [5.41, 5.74) is 1.01. The molecule has 106 valence electrons. The van der Waals surface area contributed by atoms with Crippen LogP contribution in [0, 0.1) is 0 Å². The zero-order valence-corrected chi connectivity index (χ0v) is 11.5. The van der Waals surface area contributed by atoms with E-state index in [1.54, 1.807) is 4.80 Å². The Labute approximate surface area is 118 Å². The zero-order valence-electron chi connectivity index (χ0n) is 11.5. The van der Waals surface area contributed by atoms with Crippen molar-refractivity contribution in [2.45, 2.75) is 13.0 Å². The summed E-state index contributed by atoms with van der Waals surface area (Å²) >= 11 is 0. The predicted molar refractivity (Wildman–Crippen MR) is 75.1 cm³/mol. The van der Waals surface area contributed by atoms with E-state index in [0.717, 1.165) is 51.4 Å². The molecule has 0 radical (unpaired) electrons. The van der Waals surface area contributed by atoms with E-state index in [1.165, 1.54) is 0 Å². The molecule has 1 aliphatic heterocycles. The van der Waals surface area contributed by atoms with E-state index >= 15 is 0 Å². The number of ether oxygens (including phenoxy) is 1. The van der Waals surface area contributed by atoms with E-state index in [9.17, 15) is 0 Å². The lowest BCUT2D eigenvalue weighted by atomic mass is 10.2. The molecular weight excluding hydrogens is 254 g/mol. The van der Waals surface area contributed by atoms with Crippen LogP contribution in [-0.2, 0) is 11.3 Å². The molecule has 1 saturated heterocycles. The van der Waals surface area contributed by atoms with Gasteiger partial charge in [-0.05, 0) is 11.6 Å². The number of aryl methyl sites for hydroxylation is 1. The quantitative estimate of drug-likeness (QED) is 0.815. The molecule has 0 atom stereocenters. The van der Waals surface area contributed by atoms with E-state index < -0.39 is 0 Å². The van der Waals surface area contributed by atoms with Crippen molar-refractivity contribution in [1.29, 1.82) is 0 Å². The first-order valence-electron chi connectivity index (χ1n) is 7.05. The normalized spacial score (nSPS) is 16.4. The van der Waals surface area contributed by atoms with Gasteiger partial charge in [0.2, 0.25) is 5.82 Å². The highest BCUT2D eigenvalue weighted by Crippen LogP contribution is 2.11. The first kappa shape index (κ1) is 13.2. The number of tetrazole rings is 1. The van der Waals surface area contributed by atoms with Crippen LogP contribution >= 0.6 is 0 Å². The average molecular weight is 273 g/mol. The molecule has 0 unspecified atom stereocenters. The van der Waals surface area contributed by atoms with Gasteiger partial charge in [0.25, 0.3) is 0 Å². The Kier molecular flexibility index (Phi) is 4.35. The van der Waals surface area contributed by atoms with Crippen LogP contribution in [0.4, 0.5) is 0 Å². The highest BCUT2D eigenvalue weighted by atomic mass is 16.5. The maximum atomic E-state index is 5.34. The van der Waals surface area contributed by atoms with Crippen LogP contribution in [-0.4, -0.2) is 58.0 Å². The minimum absolute atomic E-state index is 0.692. The topological polar surface area (TPSA) is 56.1 Å². The average Bonchev–Trinajstić information content (AvgIpc) is 2.98. The Bertz CT molecular complexity index is 521. The second kappa shape index (κ2) is 6.58. The molecule has 2 heterocycles. The molecule has 0 bridgehead atoms. The third-order valence-corrected chi connectivity index (χ3v) is 3.42. The summed E-state index contributed by atoms with van der Waals surface area (Å²) in [6.07, 6.45) is 1.03. The van der Waals surface area contributed by atoms with Crippen LogP contribution in [0.2, 0.25) is 0 Å². The number of hydrogen-bond donors (Lipinski definition) is 0. The summed E-state index contributed by atoms with van der Waals surface area (Å²) in [6.45, 7) is 5.61. The van der Waals surface area contributed by atoms with Crippen molar-refractivity contribution in [2.75, 3.05) is 32.8 Å². The largest absolute Gasteiger partial charge is 0.379 e. The monoisotopic (exact) mass is 273 g/mol. The van der Waals surface area contributed by atoms with Crippen molar-refractivity contribution in [3.05, 3.63) is 30.3 Å². The summed E-state index contributed by atoms with van der Waals surface area (Å²) in [6, 6.07) is 9.93. The third-order valence-electron chi connectivity index (χ3n) is 3.42. The number of nitrogens with zero attached hydrogens (tertiary/aromatic N) is 5. The summed E-state index contributed by atoms with van der Waals surface area (Å²) in [5.74, 6) is 0.692. The van der Waals surface area contributed by atoms with Gasteiger partial charge in [-0.2, -0.15) is 4.80 Å². The molecule has 6 nitrogen and oxygen atoms in total. The predicted octanol–water partition coefficient (Wildman–Crippen LogP) is 1.06. The minimum Gasteiger partial charge on any atom is -0.379 e. The van der Waals surface area contributed by atoms with Gasteiger partial charge in [-0.1, -0.05) is 30.3 Å². The van der Waals surface area contributed by atoms with E-state index in [0.29, 0.717) is 5.82 Å². The van der Waals surface area contributed by atoms with Crippen molar-refractivity contribution in [3.8, 4) is 11.4 Å². The van der Waals surface area contributed by atoms with Gasteiger partial charge in [0.15, 0.2) is 0 Å². The first-order valence-corrected chi connectivity index (χ1v) is 7.05. The molecule has 0 spiro atoms. The SMILES string of the molecule is c1ccc(-c2nnn(CCCN3CCOCC3)n2)cc1. The van der Waals surface area contributed by atoms with Crippen molar-refractivity contribution < 1.29 is 4.74 Å². The molecule has 2 aromatic rings. The second-order valence-corrected chi connectivity index (χ2v) is 4.88. The molecule has 0 aliphatic carbocycles. The van der Waals surface area contributed by atoms with Gasteiger partial charge in [0.05, 0.1) is 19.8 Å². The number of hydrogen-bond acceptors (Lipinski definition) is 5. The van der Waals surface area contributed by atoms with Crippen LogP contribution in [0.15, 0.2) is 30.3 Å². The molecule has 1 aliphatic rings. The summed E-state index contributed by atoms with van der Waals surface area (Å²) in [4.78, 5) is 4.10. The molecule has 1 fully saturated rings. The lowest BCUT2D eigenvalue weighted by molar-refractivity contribution is 0.0367. The van der Waals surface area contributed by atoms with Crippen LogP contribution in [0.3, 0.4) is 0 Å². The van der Waals surface area contributed by atoms with Crippen LogP contribution in [0.5, 0.6) is 0 Å². The van der Waals surface area contributed by atoms with Gasteiger partial charge in [-0.25, -0.2) is 0 Å². The fraction of sp³-hybridized carbons (Fsp3) is 0.500. The van der Waals surface area contributed by atoms with Gasteiger partial charge >= 0.3 is 0 Å². The van der Waals surface area contributed by atoms with Crippen LogP contribution < -0.4 is 0 Å². The molecule has 3 rings (SSSR count). The standard InChI is InChI=1S/C14H19N5O/c1-2-5-13(6-3-1)14-15-17-19(16-14)8-4-7-18-9-11-20-12-10-18/h1-3,5-6H,4,7-12H2. The molecule has 0 saturated carbocycles. The zero-order chi connectivity index (χ0) is 13.6. The van der Waals surface area contributed by atoms with E-state index in [1.807, 2.05) is 30.3 Å². The summed E-state index contributed by atoms with van der Waals surface area (Å²) in [5, 5.41) is 12.6. The fourth-order valence-corrected chi connectivity index (χ4v) is 2.30. The molecule has 0 amide bonds. The van der Waals surface area contributed by atoms with Gasteiger partial charge in [-0.15, -0.1) is 10.2 Å². The van der Waals surface area contributed by atoms with Gasteiger partial charge in [0.1, 0.15) is 0 Å². The first-order chi connectivity index (χ1) is 9.92. The Hall–Kier alpha value is -1.79. The van der Waals surface area contributed by atoms with Gasteiger partial charge in [0, 0.05) is 25.2 Å². The van der Waals surface area contributed by atoms with Gasteiger partial charge in [-0.3, -0.25) is 4.90 Å². The Balaban J connectivity index is 1.50. The Morgan fingerprint density at radius 3 is 2.65 bits per heavy atom. The third kappa shape index (κ3) is 3.40. The van der Waals surface area contributed by atoms with E-state index in [4.69, 9.17) is 4.74 Å². The van der Waals surface area contributed by atoms with E-state index in [-0.39, 0.29) is 0 Å². The molecule has 1 aromatic heterocycles.